The number of carbonyl (C=O) groups excluding carboxylic acids is 1. The molecule has 0 aliphatic carbocycles. The Morgan fingerprint density at radius 2 is 1.69 bits per heavy atom. The van der Waals surface area contributed by atoms with Gasteiger partial charge in [-0.1, -0.05) is 0 Å². The Balaban J connectivity index is 1.96. The topological polar surface area (TPSA) is 113 Å². The first-order valence-electron chi connectivity index (χ1n) is 8.27. The molecule has 26 heavy (non-hydrogen) atoms. The normalized spacial score (nSPS) is 17.0. The van der Waals surface area contributed by atoms with Crippen LogP contribution in [0.25, 0.3) is 0 Å². The molecule has 0 unspecified atom stereocenters. The van der Waals surface area contributed by atoms with Crippen molar-refractivity contribution in [3.05, 3.63) is 34.4 Å². The van der Waals surface area contributed by atoms with E-state index in [4.69, 9.17) is 0 Å². The maximum atomic E-state index is 12.6. The third-order valence-electron chi connectivity index (χ3n) is 3.90. The van der Waals surface area contributed by atoms with Gasteiger partial charge in [0.2, 0.25) is 15.9 Å². The van der Waals surface area contributed by atoms with Crippen LogP contribution >= 0.6 is 0 Å². The van der Waals surface area contributed by atoms with Gasteiger partial charge in [0.15, 0.2) is 0 Å². The number of nitrogens with zero attached hydrogens (tertiary/aromatic N) is 3. The summed E-state index contributed by atoms with van der Waals surface area (Å²) in [6.45, 7) is 7.36. The number of carbonyl (C=O) groups is 1. The maximum Gasteiger partial charge on any atom is 0.269 e. The van der Waals surface area contributed by atoms with Gasteiger partial charge in [-0.15, -0.1) is 0 Å². The van der Waals surface area contributed by atoms with Crippen LogP contribution < -0.4 is 5.32 Å². The highest BCUT2D eigenvalue weighted by Gasteiger charge is 2.29. The van der Waals surface area contributed by atoms with Crippen LogP contribution in [0.1, 0.15) is 20.8 Å². The Hall–Kier alpha value is -2.04. The lowest BCUT2D eigenvalue weighted by Crippen LogP contribution is -2.52. The fraction of sp³-hybridized carbons (Fsp3) is 0.562. The van der Waals surface area contributed by atoms with Crippen LogP contribution in [-0.4, -0.2) is 66.7 Å². The monoisotopic (exact) mass is 384 g/mol. The van der Waals surface area contributed by atoms with Crippen molar-refractivity contribution < 1.29 is 18.1 Å². The lowest BCUT2D eigenvalue weighted by molar-refractivity contribution is -0.384. The van der Waals surface area contributed by atoms with E-state index in [-0.39, 0.29) is 41.7 Å². The highest BCUT2D eigenvalue weighted by Crippen LogP contribution is 2.20. The molecule has 1 saturated heterocycles. The standard InChI is InChI=1S/C16H24N4O5S/c1-16(2,3)17-15(21)12-18-8-10-19(11-9-18)26(24,25)14-6-4-13(5-7-14)20(22)23/h4-7H,8-12H2,1-3H3,(H,17,21). The Kier molecular flexibility index (Phi) is 5.99. The van der Waals surface area contributed by atoms with Gasteiger partial charge in [0, 0.05) is 43.9 Å². The summed E-state index contributed by atoms with van der Waals surface area (Å²) in [4.78, 5) is 24.0. The Labute approximate surface area is 153 Å². The molecule has 1 N–H and O–H groups in total. The summed E-state index contributed by atoms with van der Waals surface area (Å²) in [7, 11) is -3.70. The molecule has 2 rings (SSSR count). The highest BCUT2D eigenvalue weighted by molar-refractivity contribution is 7.89. The molecular formula is C16H24N4O5S. The second-order valence-electron chi connectivity index (χ2n) is 7.23. The molecule has 144 valence electrons. The van der Waals surface area contributed by atoms with Crippen LogP contribution in [0.15, 0.2) is 29.2 Å². The summed E-state index contributed by atoms with van der Waals surface area (Å²) in [6.07, 6.45) is 0. The Bertz CT molecular complexity index is 763. The minimum atomic E-state index is -3.70. The molecule has 9 nitrogen and oxygen atoms in total. The van der Waals surface area contributed by atoms with E-state index in [0.717, 1.165) is 0 Å². The van der Waals surface area contributed by atoms with Gasteiger partial charge in [0.25, 0.3) is 5.69 Å². The molecule has 0 aromatic heterocycles. The predicted octanol–water partition coefficient (Wildman–Crippen LogP) is 0.816. The van der Waals surface area contributed by atoms with Gasteiger partial charge in [-0.3, -0.25) is 19.8 Å². The number of non-ortho nitro benzene ring substituents is 1. The van der Waals surface area contributed by atoms with E-state index in [1.54, 1.807) is 0 Å². The molecule has 0 spiro atoms. The van der Waals surface area contributed by atoms with E-state index in [1.165, 1.54) is 28.6 Å². The summed E-state index contributed by atoms with van der Waals surface area (Å²) in [5.74, 6) is -0.0934. The number of amides is 1. The number of piperazine rings is 1. The van der Waals surface area contributed by atoms with E-state index in [9.17, 15) is 23.3 Å². The summed E-state index contributed by atoms with van der Waals surface area (Å²) < 4.78 is 26.6. The molecule has 0 radical (unpaired) electrons. The third-order valence-corrected chi connectivity index (χ3v) is 5.81. The minimum absolute atomic E-state index is 0.0297. The van der Waals surface area contributed by atoms with Crippen molar-refractivity contribution in [3.8, 4) is 0 Å². The van der Waals surface area contributed by atoms with Gasteiger partial charge in [-0.25, -0.2) is 8.42 Å². The lowest BCUT2D eigenvalue weighted by atomic mass is 10.1. The molecule has 1 amide bonds. The first-order valence-corrected chi connectivity index (χ1v) is 9.71. The molecule has 0 atom stereocenters. The van der Waals surface area contributed by atoms with E-state index in [2.05, 4.69) is 5.32 Å². The summed E-state index contributed by atoms with van der Waals surface area (Å²) >= 11 is 0. The van der Waals surface area contributed by atoms with Crippen LogP contribution in [0.5, 0.6) is 0 Å². The number of sulfonamides is 1. The van der Waals surface area contributed by atoms with E-state index in [1.807, 2.05) is 25.7 Å². The number of nitrogens with one attached hydrogen (secondary N) is 1. The summed E-state index contributed by atoms with van der Waals surface area (Å²) in [6, 6.07) is 4.85. The van der Waals surface area contributed by atoms with Crippen molar-refractivity contribution in [3.63, 3.8) is 0 Å². The number of nitro groups is 1. The van der Waals surface area contributed by atoms with Gasteiger partial charge >= 0.3 is 0 Å². The molecule has 1 fully saturated rings. The van der Waals surface area contributed by atoms with Crippen molar-refractivity contribution in [2.75, 3.05) is 32.7 Å². The molecule has 1 aliphatic heterocycles. The quantitative estimate of drug-likeness (QED) is 0.594. The second kappa shape index (κ2) is 7.68. The van der Waals surface area contributed by atoms with Crippen LogP contribution in [0.3, 0.4) is 0 Å². The lowest BCUT2D eigenvalue weighted by Gasteiger charge is -2.34. The number of nitro benzene ring substituents is 1. The number of hydrogen-bond donors (Lipinski definition) is 1. The fourth-order valence-corrected chi connectivity index (χ4v) is 4.10. The zero-order valence-corrected chi connectivity index (χ0v) is 16.0. The van der Waals surface area contributed by atoms with Gasteiger partial charge in [-0.2, -0.15) is 4.31 Å². The Morgan fingerprint density at radius 1 is 1.15 bits per heavy atom. The van der Waals surface area contributed by atoms with Crippen molar-refractivity contribution in [2.45, 2.75) is 31.2 Å². The zero-order valence-electron chi connectivity index (χ0n) is 15.1. The fourth-order valence-electron chi connectivity index (χ4n) is 2.68. The molecular weight excluding hydrogens is 360 g/mol. The smallest absolute Gasteiger partial charge is 0.269 e. The van der Waals surface area contributed by atoms with E-state index < -0.39 is 14.9 Å². The molecule has 0 saturated carbocycles. The number of rotatable bonds is 5. The molecule has 0 bridgehead atoms. The largest absolute Gasteiger partial charge is 0.350 e. The summed E-state index contributed by atoms with van der Waals surface area (Å²) in [5, 5.41) is 13.6. The van der Waals surface area contributed by atoms with Gasteiger partial charge in [0.1, 0.15) is 0 Å². The number of hydrogen-bond acceptors (Lipinski definition) is 6. The maximum absolute atomic E-state index is 12.6. The van der Waals surface area contributed by atoms with Crippen LogP contribution in [0.4, 0.5) is 5.69 Å². The Morgan fingerprint density at radius 3 is 2.15 bits per heavy atom. The first-order chi connectivity index (χ1) is 12.0. The first kappa shape index (κ1) is 20.3. The minimum Gasteiger partial charge on any atom is -0.350 e. The molecule has 1 aliphatic rings. The molecule has 10 heteroatoms. The highest BCUT2D eigenvalue weighted by atomic mass is 32.2. The molecule has 1 aromatic carbocycles. The van der Waals surface area contributed by atoms with Crippen molar-refractivity contribution in [2.24, 2.45) is 0 Å². The van der Waals surface area contributed by atoms with Gasteiger partial charge in [-0.05, 0) is 32.9 Å². The molecule has 1 aromatic rings. The van der Waals surface area contributed by atoms with Gasteiger partial charge in [0.05, 0.1) is 16.4 Å². The number of benzene rings is 1. The average molecular weight is 384 g/mol. The molecule has 1 heterocycles. The SMILES string of the molecule is CC(C)(C)NC(=O)CN1CCN(S(=O)(=O)c2ccc([N+](=O)[O-])cc2)CC1. The summed E-state index contributed by atoms with van der Waals surface area (Å²) in [5.41, 5.74) is -0.461. The van der Waals surface area contributed by atoms with E-state index in [0.29, 0.717) is 13.1 Å². The van der Waals surface area contributed by atoms with Crippen LogP contribution in [0, 0.1) is 10.1 Å². The van der Waals surface area contributed by atoms with E-state index >= 15 is 0 Å². The predicted molar refractivity (Wildman–Crippen MR) is 96.2 cm³/mol. The second-order valence-corrected chi connectivity index (χ2v) is 9.17. The average Bonchev–Trinajstić information content (AvgIpc) is 2.53. The van der Waals surface area contributed by atoms with Crippen molar-refractivity contribution in [1.29, 1.82) is 0 Å². The van der Waals surface area contributed by atoms with Gasteiger partial charge < -0.3 is 5.32 Å². The van der Waals surface area contributed by atoms with Crippen LogP contribution in [0.2, 0.25) is 0 Å². The third kappa shape index (κ3) is 5.23. The van der Waals surface area contributed by atoms with Crippen LogP contribution in [-0.2, 0) is 14.8 Å². The van der Waals surface area contributed by atoms with Crippen molar-refractivity contribution in [1.82, 2.24) is 14.5 Å². The van der Waals surface area contributed by atoms with Crippen molar-refractivity contribution >= 4 is 21.6 Å². The zero-order chi connectivity index (χ0) is 19.5.